The van der Waals surface area contributed by atoms with Crippen LogP contribution in [0.25, 0.3) is 10.2 Å². The van der Waals surface area contributed by atoms with E-state index in [1.807, 2.05) is 13.8 Å². The highest BCUT2D eigenvalue weighted by Crippen LogP contribution is 2.29. The Morgan fingerprint density at radius 3 is 2.30 bits per heavy atom. The highest BCUT2D eigenvalue weighted by Gasteiger charge is 2.24. The Hall–Kier alpha value is -2.89. The number of non-ortho nitro benzene ring substituents is 1. The van der Waals surface area contributed by atoms with Crippen molar-refractivity contribution in [3.8, 4) is 0 Å². The van der Waals surface area contributed by atoms with Gasteiger partial charge < -0.3 is 0 Å². The van der Waals surface area contributed by atoms with Crippen molar-refractivity contribution in [3.05, 3.63) is 58.1 Å². The van der Waals surface area contributed by atoms with Crippen molar-refractivity contribution in [2.24, 2.45) is 0 Å². The highest BCUT2D eigenvalue weighted by molar-refractivity contribution is 7.89. The van der Waals surface area contributed by atoms with Crippen LogP contribution in [0.4, 0.5) is 10.8 Å². The zero-order valence-electron chi connectivity index (χ0n) is 18.5. The molecule has 0 spiro atoms. The van der Waals surface area contributed by atoms with Crippen molar-refractivity contribution in [2.45, 2.75) is 44.4 Å². The fourth-order valence-corrected chi connectivity index (χ4v) is 5.61. The first kappa shape index (κ1) is 24.7. The molecule has 0 aliphatic heterocycles. The molecule has 1 aromatic heterocycles. The van der Waals surface area contributed by atoms with Crippen LogP contribution in [-0.2, 0) is 10.0 Å². The van der Waals surface area contributed by atoms with E-state index in [2.05, 4.69) is 10.3 Å². The van der Waals surface area contributed by atoms with Crippen molar-refractivity contribution in [2.75, 3.05) is 18.4 Å². The monoisotopic (exact) mass is 490 g/mol. The van der Waals surface area contributed by atoms with E-state index in [1.165, 1.54) is 46.8 Å². The first-order chi connectivity index (χ1) is 15.8. The van der Waals surface area contributed by atoms with E-state index in [-0.39, 0.29) is 16.1 Å². The summed E-state index contributed by atoms with van der Waals surface area (Å²) >= 11 is 1.13. The minimum Gasteiger partial charge on any atom is -0.298 e. The SMILES string of the molecule is CCCCN(CCCC)S(=O)(=O)c1ccc(C(=O)Nc2nc3ccc([N+](=O)[O-])cc3s2)cc1. The molecule has 0 radical (unpaired) electrons. The highest BCUT2D eigenvalue weighted by atomic mass is 32.2. The summed E-state index contributed by atoms with van der Waals surface area (Å²) in [6.07, 6.45) is 3.37. The summed E-state index contributed by atoms with van der Waals surface area (Å²) in [6, 6.07) is 10.1. The number of carbonyl (C=O) groups excluding carboxylic acids is 1. The molecule has 0 bridgehead atoms. The number of rotatable bonds is 11. The number of hydrogen-bond donors (Lipinski definition) is 1. The van der Waals surface area contributed by atoms with E-state index in [1.54, 1.807) is 0 Å². The first-order valence-corrected chi connectivity index (χ1v) is 13.0. The molecule has 0 saturated heterocycles. The molecule has 2 aromatic carbocycles. The number of hydrogen-bond acceptors (Lipinski definition) is 7. The van der Waals surface area contributed by atoms with Gasteiger partial charge in [0.1, 0.15) is 0 Å². The number of carbonyl (C=O) groups is 1. The van der Waals surface area contributed by atoms with E-state index < -0.39 is 20.9 Å². The van der Waals surface area contributed by atoms with Gasteiger partial charge >= 0.3 is 0 Å². The van der Waals surface area contributed by atoms with Crippen molar-refractivity contribution in [1.29, 1.82) is 0 Å². The number of sulfonamides is 1. The van der Waals surface area contributed by atoms with E-state index in [9.17, 15) is 23.3 Å². The van der Waals surface area contributed by atoms with Gasteiger partial charge in [0.05, 0.1) is 20.0 Å². The molecule has 3 aromatic rings. The van der Waals surface area contributed by atoms with Crippen LogP contribution in [0.5, 0.6) is 0 Å². The predicted octanol–water partition coefficient (Wildman–Crippen LogP) is 5.05. The van der Waals surface area contributed by atoms with Gasteiger partial charge in [-0.15, -0.1) is 0 Å². The van der Waals surface area contributed by atoms with Crippen LogP contribution >= 0.6 is 11.3 Å². The molecular weight excluding hydrogens is 464 g/mol. The van der Waals surface area contributed by atoms with Gasteiger partial charge in [0, 0.05) is 30.8 Å². The number of thiazole rings is 1. The fourth-order valence-electron chi connectivity index (χ4n) is 3.20. The van der Waals surface area contributed by atoms with Gasteiger partial charge in [-0.2, -0.15) is 4.31 Å². The summed E-state index contributed by atoms with van der Waals surface area (Å²) in [7, 11) is -3.64. The number of nitro benzene ring substituents is 1. The quantitative estimate of drug-likeness (QED) is 0.296. The maximum atomic E-state index is 13.1. The zero-order valence-corrected chi connectivity index (χ0v) is 20.1. The number of nitrogens with one attached hydrogen (secondary N) is 1. The molecule has 11 heteroatoms. The van der Waals surface area contributed by atoms with Crippen LogP contribution in [0.2, 0.25) is 0 Å². The average molecular weight is 491 g/mol. The van der Waals surface area contributed by atoms with Gasteiger partial charge in [-0.1, -0.05) is 38.0 Å². The molecule has 1 amide bonds. The minimum atomic E-state index is -3.64. The molecule has 0 atom stereocenters. The van der Waals surface area contributed by atoms with Crippen molar-refractivity contribution < 1.29 is 18.1 Å². The zero-order chi connectivity index (χ0) is 24.0. The number of anilines is 1. The van der Waals surface area contributed by atoms with Crippen LogP contribution in [0, 0.1) is 10.1 Å². The molecule has 1 N–H and O–H groups in total. The minimum absolute atomic E-state index is 0.0484. The van der Waals surface area contributed by atoms with Crippen LogP contribution in [0.15, 0.2) is 47.4 Å². The number of aromatic nitrogens is 1. The number of unbranched alkanes of at least 4 members (excludes halogenated alkanes) is 2. The second-order valence-electron chi connectivity index (χ2n) is 7.52. The average Bonchev–Trinajstić information content (AvgIpc) is 3.20. The molecule has 0 saturated carbocycles. The third kappa shape index (κ3) is 5.92. The molecular formula is C22H26N4O5S2. The Kier molecular flexibility index (Phi) is 8.11. The van der Waals surface area contributed by atoms with Gasteiger partial charge in [-0.3, -0.25) is 20.2 Å². The number of amides is 1. The van der Waals surface area contributed by atoms with E-state index in [0.717, 1.165) is 37.0 Å². The summed E-state index contributed by atoms with van der Waals surface area (Å²) in [5.41, 5.74) is 0.780. The lowest BCUT2D eigenvalue weighted by atomic mass is 10.2. The Balaban J connectivity index is 1.75. The molecule has 176 valence electrons. The van der Waals surface area contributed by atoms with Gasteiger partial charge in [0.25, 0.3) is 11.6 Å². The summed E-state index contributed by atoms with van der Waals surface area (Å²) in [4.78, 5) is 27.5. The standard InChI is InChI=1S/C22H26N4O5S2/c1-3-5-13-25(14-6-4-2)33(30,31)18-10-7-16(8-11-18)21(27)24-22-23-19-12-9-17(26(28)29)15-20(19)32-22/h7-12,15H,3-6,13-14H2,1-2H3,(H,23,24,27). The Morgan fingerprint density at radius 1 is 1.09 bits per heavy atom. The second-order valence-corrected chi connectivity index (χ2v) is 10.5. The summed E-state index contributed by atoms with van der Waals surface area (Å²) < 4.78 is 28.2. The summed E-state index contributed by atoms with van der Waals surface area (Å²) in [5, 5.41) is 13.9. The molecule has 3 rings (SSSR count). The van der Waals surface area contributed by atoms with Crippen molar-refractivity contribution in [1.82, 2.24) is 9.29 Å². The van der Waals surface area contributed by atoms with Gasteiger partial charge in [0.2, 0.25) is 10.0 Å². The smallest absolute Gasteiger partial charge is 0.270 e. The lowest BCUT2D eigenvalue weighted by Crippen LogP contribution is -2.33. The molecule has 0 aliphatic rings. The lowest BCUT2D eigenvalue weighted by Gasteiger charge is -2.22. The Labute approximate surface area is 196 Å². The summed E-state index contributed by atoms with van der Waals surface area (Å²) in [5.74, 6) is -0.443. The molecule has 0 aliphatic carbocycles. The molecule has 33 heavy (non-hydrogen) atoms. The maximum absolute atomic E-state index is 13.1. The lowest BCUT2D eigenvalue weighted by molar-refractivity contribution is -0.384. The van der Waals surface area contributed by atoms with E-state index in [4.69, 9.17) is 0 Å². The largest absolute Gasteiger partial charge is 0.298 e. The van der Waals surface area contributed by atoms with Crippen molar-refractivity contribution in [3.63, 3.8) is 0 Å². The molecule has 1 heterocycles. The number of benzene rings is 2. The molecule has 9 nitrogen and oxygen atoms in total. The number of nitrogens with zero attached hydrogens (tertiary/aromatic N) is 3. The Bertz CT molecular complexity index is 1230. The molecule has 0 unspecified atom stereocenters. The van der Waals surface area contributed by atoms with Gasteiger partial charge in [-0.05, 0) is 43.2 Å². The number of nitro groups is 1. The second kappa shape index (κ2) is 10.8. The van der Waals surface area contributed by atoms with Gasteiger partial charge in [0.15, 0.2) is 5.13 Å². The number of fused-ring (bicyclic) bond motifs is 1. The van der Waals surface area contributed by atoms with Crippen LogP contribution in [-0.4, -0.2) is 41.6 Å². The van der Waals surface area contributed by atoms with Gasteiger partial charge in [-0.25, -0.2) is 13.4 Å². The Morgan fingerprint density at radius 2 is 1.73 bits per heavy atom. The maximum Gasteiger partial charge on any atom is 0.270 e. The van der Waals surface area contributed by atoms with Crippen LogP contribution in [0.1, 0.15) is 49.9 Å². The predicted molar refractivity (Wildman–Crippen MR) is 129 cm³/mol. The van der Waals surface area contributed by atoms with Crippen LogP contribution < -0.4 is 5.32 Å². The van der Waals surface area contributed by atoms with E-state index in [0.29, 0.717) is 28.4 Å². The topological polar surface area (TPSA) is 123 Å². The van der Waals surface area contributed by atoms with Crippen LogP contribution in [0.3, 0.4) is 0 Å². The first-order valence-electron chi connectivity index (χ1n) is 10.7. The third-order valence-corrected chi connectivity index (χ3v) is 7.93. The fraction of sp³-hybridized carbons (Fsp3) is 0.364. The molecule has 0 fully saturated rings. The summed E-state index contributed by atoms with van der Waals surface area (Å²) in [6.45, 7) is 4.98. The van der Waals surface area contributed by atoms with E-state index >= 15 is 0 Å². The third-order valence-electron chi connectivity index (χ3n) is 5.08. The normalized spacial score (nSPS) is 11.7. The van der Waals surface area contributed by atoms with Crippen molar-refractivity contribution >= 4 is 48.3 Å².